The number of ether oxygens (including phenoxy) is 1. The molecule has 3 rings (SSSR count). The minimum Gasteiger partial charge on any atom is -0.497 e. The van der Waals surface area contributed by atoms with Gasteiger partial charge in [0.15, 0.2) is 11.0 Å². The van der Waals surface area contributed by atoms with Crippen LogP contribution < -0.4 is 10.1 Å². The van der Waals surface area contributed by atoms with E-state index in [1.54, 1.807) is 31.4 Å². The average Bonchev–Trinajstić information content (AvgIpc) is 3.12. The van der Waals surface area contributed by atoms with E-state index >= 15 is 0 Å². The monoisotopic (exact) mass is 416 g/mol. The number of anilines is 1. The lowest BCUT2D eigenvalue weighted by Crippen LogP contribution is -2.14. The van der Waals surface area contributed by atoms with Crippen molar-refractivity contribution >= 4 is 35.0 Å². The lowest BCUT2D eigenvalue weighted by molar-refractivity contribution is -0.113. The van der Waals surface area contributed by atoms with Crippen LogP contribution in [0.3, 0.4) is 0 Å². The van der Waals surface area contributed by atoms with Crippen LogP contribution in [0, 0.1) is 6.92 Å². The molecule has 0 atom stereocenters. The number of hydrogen-bond acceptors (Lipinski definition) is 5. The van der Waals surface area contributed by atoms with Crippen molar-refractivity contribution < 1.29 is 9.53 Å². The number of carbonyl (C=O) groups excluding carboxylic acids is 1. The van der Waals surface area contributed by atoms with Crippen LogP contribution in [0.1, 0.15) is 12.5 Å². The maximum atomic E-state index is 12.3. The Morgan fingerprint density at radius 2 is 1.96 bits per heavy atom. The molecule has 3 aromatic rings. The Bertz CT molecular complexity index is 973. The Morgan fingerprint density at radius 3 is 2.61 bits per heavy atom. The molecule has 0 saturated heterocycles. The normalized spacial score (nSPS) is 10.7. The summed E-state index contributed by atoms with van der Waals surface area (Å²) < 4.78 is 7.09. The van der Waals surface area contributed by atoms with Crippen LogP contribution in [0.15, 0.2) is 47.6 Å². The van der Waals surface area contributed by atoms with Gasteiger partial charge >= 0.3 is 0 Å². The minimum absolute atomic E-state index is 0.110. The maximum Gasteiger partial charge on any atom is 0.234 e. The molecule has 8 heteroatoms. The van der Waals surface area contributed by atoms with E-state index in [1.165, 1.54) is 11.8 Å². The van der Waals surface area contributed by atoms with Crippen LogP contribution in [0.5, 0.6) is 5.75 Å². The van der Waals surface area contributed by atoms with Gasteiger partial charge in [-0.2, -0.15) is 0 Å². The Kier molecular flexibility index (Phi) is 6.59. The Morgan fingerprint density at radius 1 is 1.21 bits per heavy atom. The first kappa shape index (κ1) is 20.2. The van der Waals surface area contributed by atoms with E-state index in [9.17, 15) is 4.79 Å². The SMILES string of the molecule is CCn1c(SCC(=O)Nc2ccc(OC)cc2)nnc1-c1ccc(C)c(Cl)c1. The van der Waals surface area contributed by atoms with Crippen LogP contribution in [0.4, 0.5) is 5.69 Å². The number of methoxy groups -OCH3 is 1. The van der Waals surface area contributed by atoms with E-state index in [2.05, 4.69) is 15.5 Å². The summed E-state index contributed by atoms with van der Waals surface area (Å²) in [7, 11) is 1.60. The molecular formula is C20H21ClN4O2S. The van der Waals surface area contributed by atoms with Gasteiger partial charge in [-0.3, -0.25) is 4.79 Å². The van der Waals surface area contributed by atoms with E-state index in [0.717, 1.165) is 28.4 Å². The fourth-order valence-electron chi connectivity index (χ4n) is 2.63. The number of nitrogens with one attached hydrogen (secondary N) is 1. The van der Waals surface area contributed by atoms with Crippen LogP contribution in [-0.4, -0.2) is 33.5 Å². The first-order valence-corrected chi connectivity index (χ1v) is 10.1. The molecule has 2 aromatic carbocycles. The number of hydrogen-bond donors (Lipinski definition) is 1. The molecule has 1 aromatic heterocycles. The van der Waals surface area contributed by atoms with Crippen LogP contribution in [-0.2, 0) is 11.3 Å². The first-order valence-electron chi connectivity index (χ1n) is 8.78. The molecule has 0 aliphatic heterocycles. The molecule has 1 heterocycles. The van der Waals surface area contributed by atoms with Crippen molar-refractivity contribution in [2.45, 2.75) is 25.5 Å². The van der Waals surface area contributed by atoms with Gasteiger partial charge in [0.1, 0.15) is 5.75 Å². The lowest BCUT2D eigenvalue weighted by Gasteiger charge is -2.09. The summed E-state index contributed by atoms with van der Waals surface area (Å²) in [6.07, 6.45) is 0. The highest BCUT2D eigenvalue weighted by atomic mass is 35.5. The molecule has 146 valence electrons. The number of thioether (sulfide) groups is 1. The second-order valence-electron chi connectivity index (χ2n) is 6.08. The zero-order chi connectivity index (χ0) is 20.1. The molecule has 0 saturated carbocycles. The van der Waals surface area contributed by atoms with Gasteiger partial charge in [-0.15, -0.1) is 10.2 Å². The van der Waals surface area contributed by atoms with Gasteiger partial charge in [0.05, 0.1) is 12.9 Å². The molecule has 0 spiro atoms. The number of amides is 1. The van der Waals surface area contributed by atoms with Crippen molar-refractivity contribution in [3.63, 3.8) is 0 Å². The number of benzene rings is 2. The molecule has 0 unspecified atom stereocenters. The third-order valence-corrected chi connectivity index (χ3v) is 5.54. The summed E-state index contributed by atoms with van der Waals surface area (Å²) in [5, 5.41) is 12.8. The first-order chi connectivity index (χ1) is 13.5. The van der Waals surface area contributed by atoms with E-state index < -0.39 is 0 Å². The number of nitrogens with zero attached hydrogens (tertiary/aromatic N) is 3. The predicted octanol–water partition coefficient (Wildman–Crippen LogP) is 4.67. The van der Waals surface area contributed by atoms with Gasteiger partial charge in [0.2, 0.25) is 5.91 Å². The molecule has 1 amide bonds. The molecule has 1 N–H and O–H groups in total. The molecular weight excluding hydrogens is 396 g/mol. The van der Waals surface area contributed by atoms with Crippen molar-refractivity contribution in [3.8, 4) is 17.1 Å². The quantitative estimate of drug-likeness (QED) is 0.567. The molecule has 0 radical (unpaired) electrons. The molecule has 0 aliphatic carbocycles. The highest BCUT2D eigenvalue weighted by Gasteiger charge is 2.15. The third kappa shape index (κ3) is 4.66. The van der Waals surface area contributed by atoms with Crippen molar-refractivity contribution in [1.29, 1.82) is 0 Å². The summed E-state index contributed by atoms with van der Waals surface area (Å²) in [6.45, 7) is 4.67. The van der Waals surface area contributed by atoms with Gasteiger partial charge in [-0.25, -0.2) is 0 Å². The summed E-state index contributed by atoms with van der Waals surface area (Å²) in [6, 6.07) is 13.0. The van der Waals surface area contributed by atoms with E-state index in [-0.39, 0.29) is 11.7 Å². The molecule has 0 aliphatic rings. The molecule has 6 nitrogen and oxygen atoms in total. The fourth-order valence-corrected chi connectivity index (χ4v) is 3.61. The van der Waals surface area contributed by atoms with E-state index in [4.69, 9.17) is 16.3 Å². The van der Waals surface area contributed by atoms with Gasteiger partial charge in [0.25, 0.3) is 0 Å². The second-order valence-corrected chi connectivity index (χ2v) is 7.43. The van der Waals surface area contributed by atoms with Crippen LogP contribution >= 0.6 is 23.4 Å². The summed E-state index contributed by atoms with van der Waals surface area (Å²) in [4.78, 5) is 12.3. The largest absolute Gasteiger partial charge is 0.497 e. The molecule has 0 fully saturated rings. The number of aryl methyl sites for hydroxylation is 1. The van der Waals surface area contributed by atoms with Crippen molar-refractivity contribution in [1.82, 2.24) is 14.8 Å². The third-order valence-electron chi connectivity index (χ3n) is 4.17. The Balaban J connectivity index is 1.67. The highest BCUT2D eigenvalue weighted by molar-refractivity contribution is 7.99. The van der Waals surface area contributed by atoms with Crippen molar-refractivity contribution in [2.24, 2.45) is 0 Å². The van der Waals surface area contributed by atoms with Crippen LogP contribution in [0.25, 0.3) is 11.4 Å². The van der Waals surface area contributed by atoms with Crippen molar-refractivity contribution in [2.75, 3.05) is 18.2 Å². The van der Waals surface area contributed by atoms with Crippen molar-refractivity contribution in [3.05, 3.63) is 53.1 Å². The van der Waals surface area contributed by atoms with Gasteiger partial charge < -0.3 is 14.6 Å². The smallest absolute Gasteiger partial charge is 0.234 e. The summed E-state index contributed by atoms with van der Waals surface area (Å²) in [5.41, 5.74) is 2.63. The summed E-state index contributed by atoms with van der Waals surface area (Å²) >= 11 is 7.59. The maximum absolute atomic E-state index is 12.3. The number of halogens is 1. The number of aromatic nitrogens is 3. The topological polar surface area (TPSA) is 69.0 Å². The summed E-state index contributed by atoms with van der Waals surface area (Å²) in [5.74, 6) is 1.61. The zero-order valence-electron chi connectivity index (χ0n) is 15.9. The molecule has 0 bridgehead atoms. The Hall–Kier alpha value is -2.51. The average molecular weight is 417 g/mol. The van der Waals surface area contributed by atoms with Gasteiger partial charge in [0, 0.05) is 22.8 Å². The fraction of sp³-hybridized carbons (Fsp3) is 0.250. The number of carbonyl (C=O) groups is 1. The van der Waals surface area contributed by atoms with E-state index in [0.29, 0.717) is 16.7 Å². The van der Waals surface area contributed by atoms with Gasteiger partial charge in [-0.05, 0) is 49.7 Å². The standard InChI is InChI=1S/C20H21ClN4O2S/c1-4-25-19(14-6-5-13(2)17(21)11-14)23-24-20(25)28-12-18(26)22-15-7-9-16(27-3)10-8-15/h5-11H,4,12H2,1-3H3,(H,22,26). The lowest BCUT2D eigenvalue weighted by atomic mass is 10.1. The minimum atomic E-state index is -0.110. The predicted molar refractivity (Wildman–Crippen MR) is 113 cm³/mol. The highest BCUT2D eigenvalue weighted by Crippen LogP contribution is 2.27. The molecule has 28 heavy (non-hydrogen) atoms. The Labute approximate surface area is 173 Å². The van der Waals surface area contributed by atoms with Gasteiger partial charge in [-0.1, -0.05) is 35.5 Å². The zero-order valence-corrected chi connectivity index (χ0v) is 17.5. The second kappa shape index (κ2) is 9.12. The number of rotatable bonds is 7. The van der Waals surface area contributed by atoms with Crippen LogP contribution in [0.2, 0.25) is 5.02 Å². The van der Waals surface area contributed by atoms with E-state index in [1.807, 2.05) is 36.6 Å².